The topological polar surface area (TPSA) is 46.5 Å². The summed E-state index contributed by atoms with van der Waals surface area (Å²) in [7, 11) is 0. The molecule has 0 saturated heterocycles. The highest BCUT2D eigenvalue weighted by atomic mass is 79.9. The first-order valence-electron chi connectivity index (χ1n) is 4.32. The van der Waals surface area contributed by atoms with Crippen LogP contribution in [0.25, 0.3) is 0 Å². The fourth-order valence-electron chi connectivity index (χ4n) is 1.07. The van der Waals surface area contributed by atoms with E-state index >= 15 is 0 Å². The molecule has 15 heavy (non-hydrogen) atoms. The highest BCUT2D eigenvalue weighted by Gasteiger charge is 2.05. The van der Waals surface area contributed by atoms with Gasteiger partial charge >= 0.3 is 5.97 Å². The van der Waals surface area contributed by atoms with Crippen LogP contribution in [0.15, 0.2) is 18.2 Å². The molecule has 82 valence electrons. The molecular weight excluding hydrogens is 267 g/mol. The number of hydrogen-bond acceptors (Lipinski definition) is 2. The second-order valence-corrected chi connectivity index (χ2v) is 3.67. The lowest BCUT2D eigenvalue weighted by molar-refractivity contribution is -0.139. The molecule has 0 saturated carbocycles. The normalized spacial score (nSPS) is 10.0. The van der Waals surface area contributed by atoms with Crippen molar-refractivity contribution in [2.75, 3.05) is 11.9 Å². The number of carbonyl (C=O) groups is 1. The summed E-state index contributed by atoms with van der Waals surface area (Å²) in [6.07, 6.45) is 0.588. The van der Waals surface area contributed by atoms with E-state index in [1.165, 1.54) is 6.07 Å². The first-order chi connectivity index (χ1) is 7.13. The maximum Gasteiger partial charge on any atom is 0.341 e. The van der Waals surface area contributed by atoms with E-state index in [0.717, 1.165) is 0 Å². The number of carboxylic acids is 1. The molecular formula is C10H10BrFO3. The predicted octanol–water partition coefficient (Wildman–Crippen LogP) is 2.23. The van der Waals surface area contributed by atoms with E-state index in [4.69, 9.17) is 9.84 Å². The summed E-state index contributed by atoms with van der Waals surface area (Å²) in [6.45, 7) is -0.461. The molecule has 0 heterocycles. The number of aliphatic carboxylic acids is 1. The van der Waals surface area contributed by atoms with Crippen LogP contribution in [0, 0.1) is 5.82 Å². The Hall–Kier alpha value is -1.10. The second kappa shape index (κ2) is 5.70. The number of hydrogen-bond donors (Lipinski definition) is 1. The summed E-state index contributed by atoms with van der Waals surface area (Å²) in [4.78, 5) is 10.2. The summed E-state index contributed by atoms with van der Waals surface area (Å²) >= 11 is 3.21. The number of carboxylic acid groups (broad SMARTS) is 1. The fourth-order valence-corrected chi connectivity index (χ4v) is 1.49. The molecule has 0 atom stereocenters. The number of benzene rings is 1. The van der Waals surface area contributed by atoms with Crippen molar-refractivity contribution >= 4 is 21.9 Å². The molecule has 0 unspecified atom stereocenters. The lowest BCUT2D eigenvalue weighted by atomic mass is 10.1. The first kappa shape index (κ1) is 12.0. The minimum Gasteiger partial charge on any atom is -0.482 e. The molecule has 1 rings (SSSR count). The molecule has 0 fully saturated rings. The number of aryl methyl sites for hydroxylation is 1. The van der Waals surface area contributed by atoms with Gasteiger partial charge in [0.15, 0.2) is 6.61 Å². The molecule has 0 aliphatic rings. The molecule has 0 aliphatic heterocycles. The zero-order valence-electron chi connectivity index (χ0n) is 7.87. The van der Waals surface area contributed by atoms with E-state index in [-0.39, 0.29) is 11.6 Å². The highest BCUT2D eigenvalue weighted by Crippen LogP contribution is 2.17. The van der Waals surface area contributed by atoms with Gasteiger partial charge in [-0.05, 0) is 18.1 Å². The quantitative estimate of drug-likeness (QED) is 0.839. The van der Waals surface area contributed by atoms with Gasteiger partial charge in [0.05, 0.1) is 0 Å². The highest BCUT2D eigenvalue weighted by molar-refractivity contribution is 9.09. The van der Waals surface area contributed by atoms with Crippen LogP contribution in [0.5, 0.6) is 5.75 Å². The Morgan fingerprint density at radius 1 is 1.53 bits per heavy atom. The van der Waals surface area contributed by atoms with Crippen LogP contribution in [-0.2, 0) is 11.2 Å². The minimum absolute atomic E-state index is 0.230. The fraction of sp³-hybridized carbons (Fsp3) is 0.300. The number of halogens is 2. The van der Waals surface area contributed by atoms with Crippen LogP contribution in [0.1, 0.15) is 5.56 Å². The van der Waals surface area contributed by atoms with Gasteiger partial charge in [-0.25, -0.2) is 9.18 Å². The van der Waals surface area contributed by atoms with Crippen molar-refractivity contribution < 1.29 is 19.0 Å². The van der Waals surface area contributed by atoms with E-state index in [9.17, 15) is 9.18 Å². The third-order valence-electron chi connectivity index (χ3n) is 1.75. The number of rotatable bonds is 5. The molecule has 1 aromatic carbocycles. The van der Waals surface area contributed by atoms with Crippen molar-refractivity contribution in [3.05, 3.63) is 29.6 Å². The van der Waals surface area contributed by atoms with Crippen LogP contribution < -0.4 is 4.74 Å². The van der Waals surface area contributed by atoms with Gasteiger partial charge in [-0.15, -0.1) is 0 Å². The molecule has 0 bridgehead atoms. The van der Waals surface area contributed by atoms with Gasteiger partial charge in [-0.1, -0.05) is 22.0 Å². The SMILES string of the molecule is O=C(O)COc1ccc(CCBr)c(F)c1. The van der Waals surface area contributed by atoms with Gasteiger partial charge in [0.25, 0.3) is 0 Å². The standard InChI is InChI=1S/C10H10BrFO3/c11-4-3-7-1-2-8(5-9(7)12)15-6-10(13)14/h1-2,5H,3-4,6H2,(H,13,14). The first-order valence-corrected chi connectivity index (χ1v) is 5.44. The minimum atomic E-state index is -1.08. The van der Waals surface area contributed by atoms with Crippen molar-refractivity contribution in [2.24, 2.45) is 0 Å². The third-order valence-corrected chi connectivity index (χ3v) is 2.15. The van der Waals surface area contributed by atoms with Gasteiger partial charge in [0, 0.05) is 11.4 Å². The summed E-state index contributed by atoms with van der Waals surface area (Å²) in [6, 6.07) is 4.35. The van der Waals surface area contributed by atoms with Crippen molar-refractivity contribution in [1.29, 1.82) is 0 Å². The van der Waals surface area contributed by atoms with Crippen molar-refractivity contribution in [1.82, 2.24) is 0 Å². The van der Waals surface area contributed by atoms with Gasteiger partial charge in [-0.3, -0.25) is 0 Å². The molecule has 0 radical (unpaired) electrons. The van der Waals surface area contributed by atoms with Crippen LogP contribution in [0.3, 0.4) is 0 Å². The van der Waals surface area contributed by atoms with Gasteiger partial charge in [0.2, 0.25) is 0 Å². The molecule has 5 heteroatoms. The molecule has 3 nitrogen and oxygen atoms in total. The smallest absolute Gasteiger partial charge is 0.341 e. The predicted molar refractivity (Wildman–Crippen MR) is 57.0 cm³/mol. The monoisotopic (exact) mass is 276 g/mol. The van der Waals surface area contributed by atoms with E-state index in [0.29, 0.717) is 17.3 Å². The van der Waals surface area contributed by atoms with E-state index in [1.54, 1.807) is 12.1 Å². The molecule has 1 aromatic rings. The molecule has 1 N–H and O–H groups in total. The number of ether oxygens (including phenoxy) is 1. The molecule has 0 aliphatic carbocycles. The van der Waals surface area contributed by atoms with Gasteiger partial charge in [0.1, 0.15) is 11.6 Å². The summed E-state index contributed by atoms with van der Waals surface area (Å²) in [5, 5.41) is 9.04. The second-order valence-electron chi connectivity index (χ2n) is 2.87. The van der Waals surface area contributed by atoms with Crippen LogP contribution >= 0.6 is 15.9 Å². The zero-order valence-corrected chi connectivity index (χ0v) is 9.46. The third kappa shape index (κ3) is 3.87. The Balaban J connectivity index is 2.68. The Morgan fingerprint density at radius 3 is 2.80 bits per heavy atom. The molecule has 0 spiro atoms. The van der Waals surface area contributed by atoms with Crippen molar-refractivity contribution in [2.45, 2.75) is 6.42 Å². The van der Waals surface area contributed by atoms with Crippen molar-refractivity contribution in [3.63, 3.8) is 0 Å². The lowest BCUT2D eigenvalue weighted by Gasteiger charge is -2.05. The maximum absolute atomic E-state index is 13.3. The summed E-state index contributed by atoms with van der Waals surface area (Å²) in [5.41, 5.74) is 0.578. The average Bonchev–Trinajstić information content (AvgIpc) is 2.19. The summed E-state index contributed by atoms with van der Waals surface area (Å²) in [5.74, 6) is -1.23. The van der Waals surface area contributed by atoms with Gasteiger partial charge in [-0.2, -0.15) is 0 Å². The summed E-state index contributed by atoms with van der Waals surface area (Å²) < 4.78 is 18.1. The largest absolute Gasteiger partial charge is 0.482 e. The van der Waals surface area contributed by atoms with E-state index in [1.807, 2.05) is 0 Å². The average molecular weight is 277 g/mol. The Labute approximate surface area is 95.0 Å². The number of alkyl halides is 1. The Kier molecular flexibility index (Phi) is 4.55. The maximum atomic E-state index is 13.3. The van der Waals surface area contributed by atoms with Crippen LogP contribution in [0.4, 0.5) is 4.39 Å². The molecule has 0 amide bonds. The zero-order chi connectivity index (χ0) is 11.3. The van der Waals surface area contributed by atoms with E-state index < -0.39 is 12.6 Å². The van der Waals surface area contributed by atoms with Gasteiger partial charge < -0.3 is 9.84 Å². The Bertz CT molecular complexity index is 355. The lowest BCUT2D eigenvalue weighted by Crippen LogP contribution is -2.09. The van der Waals surface area contributed by atoms with Crippen LogP contribution in [0.2, 0.25) is 0 Å². The van der Waals surface area contributed by atoms with Crippen LogP contribution in [-0.4, -0.2) is 23.0 Å². The van der Waals surface area contributed by atoms with E-state index in [2.05, 4.69) is 15.9 Å². The van der Waals surface area contributed by atoms with Crippen molar-refractivity contribution in [3.8, 4) is 5.75 Å². The molecule has 0 aromatic heterocycles. The Morgan fingerprint density at radius 2 is 2.27 bits per heavy atom.